The van der Waals surface area contributed by atoms with Gasteiger partial charge in [-0.25, -0.2) is 0 Å². The zero-order chi connectivity index (χ0) is 14.1. The molecule has 1 aromatic carbocycles. The second kappa shape index (κ2) is 4.85. The molecule has 0 fully saturated rings. The number of hydrogen-bond acceptors (Lipinski definition) is 6. The van der Waals surface area contributed by atoms with Gasteiger partial charge in [-0.3, -0.25) is 0 Å². The van der Waals surface area contributed by atoms with Crippen LogP contribution in [0.5, 0.6) is 0 Å². The van der Waals surface area contributed by atoms with Crippen molar-refractivity contribution in [2.45, 2.75) is 0 Å². The van der Waals surface area contributed by atoms with Crippen molar-refractivity contribution in [2.75, 3.05) is 0 Å². The molecule has 3 rings (SSSR count). The SMILES string of the molecule is O=[N+]([O-])c1[nH]nc(-c2nnc(-c3ccccc3)o2)c1Br. The maximum Gasteiger partial charge on any atom is 0.357 e. The molecular formula is C11H6BrN5O3. The van der Waals surface area contributed by atoms with E-state index >= 15 is 0 Å². The monoisotopic (exact) mass is 335 g/mol. The van der Waals surface area contributed by atoms with Crippen LogP contribution in [0.25, 0.3) is 23.0 Å². The molecule has 0 bridgehead atoms. The minimum Gasteiger partial charge on any atom is -0.414 e. The first-order chi connectivity index (χ1) is 9.66. The number of nitrogens with zero attached hydrogens (tertiary/aromatic N) is 4. The summed E-state index contributed by atoms with van der Waals surface area (Å²) in [4.78, 5) is 10.1. The van der Waals surface area contributed by atoms with Crippen LogP contribution >= 0.6 is 15.9 Å². The molecule has 0 amide bonds. The Labute approximate surface area is 120 Å². The molecule has 20 heavy (non-hydrogen) atoms. The lowest BCUT2D eigenvalue weighted by Crippen LogP contribution is -1.87. The average molecular weight is 336 g/mol. The Morgan fingerprint density at radius 2 is 1.90 bits per heavy atom. The van der Waals surface area contributed by atoms with Gasteiger partial charge in [0.1, 0.15) is 4.47 Å². The molecule has 0 unspecified atom stereocenters. The number of rotatable bonds is 3. The molecule has 9 heteroatoms. The molecular weight excluding hydrogens is 330 g/mol. The number of aromatic amines is 1. The summed E-state index contributed by atoms with van der Waals surface area (Å²) in [7, 11) is 0. The highest BCUT2D eigenvalue weighted by molar-refractivity contribution is 9.10. The van der Waals surface area contributed by atoms with E-state index in [2.05, 4.69) is 36.3 Å². The quantitative estimate of drug-likeness (QED) is 0.581. The highest BCUT2D eigenvalue weighted by Crippen LogP contribution is 2.33. The molecule has 2 aromatic heterocycles. The van der Waals surface area contributed by atoms with Crippen LogP contribution < -0.4 is 0 Å². The molecule has 0 aliphatic carbocycles. The molecule has 0 radical (unpaired) electrons. The van der Waals surface area contributed by atoms with Crippen LogP contribution in [0.1, 0.15) is 0 Å². The van der Waals surface area contributed by atoms with Crippen LogP contribution in [0.3, 0.4) is 0 Å². The topological polar surface area (TPSA) is 111 Å². The summed E-state index contributed by atoms with van der Waals surface area (Å²) in [6, 6.07) is 9.19. The van der Waals surface area contributed by atoms with Crippen LogP contribution in [0.2, 0.25) is 0 Å². The number of halogens is 1. The second-order valence-corrected chi connectivity index (χ2v) is 4.56. The number of aromatic nitrogens is 4. The molecule has 2 heterocycles. The van der Waals surface area contributed by atoms with Crippen molar-refractivity contribution in [3.05, 3.63) is 44.9 Å². The number of H-pyrrole nitrogens is 1. The Kier molecular flexibility index (Phi) is 3.03. The lowest BCUT2D eigenvalue weighted by Gasteiger charge is -1.92. The predicted octanol–water partition coefficient (Wildman–Crippen LogP) is 2.80. The van der Waals surface area contributed by atoms with E-state index in [-0.39, 0.29) is 21.9 Å². The summed E-state index contributed by atoms with van der Waals surface area (Å²) in [5.74, 6) is 0.151. The van der Waals surface area contributed by atoms with Crippen LogP contribution in [0.15, 0.2) is 39.2 Å². The lowest BCUT2D eigenvalue weighted by molar-refractivity contribution is -0.390. The van der Waals surface area contributed by atoms with Crippen molar-refractivity contribution in [3.8, 4) is 23.0 Å². The third-order valence-corrected chi connectivity index (χ3v) is 3.27. The number of benzene rings is 1. The third kappa shape index (κ3) is 2.07. The number of hydrogen-bond donors (Lipinski definition) is 1. The highest BCUT2D eigenvalue weighted by atomic mass is 79.9. The van der Waals surface area contributed by atoms with E-state index in [9.17, 15) is 10.1 Å². The van der Waals surface area contributed by atoms with Crippen molar-refractivity contribution in [3.63, 3.8) is 0 Å². The van der Waals surface area contributed by atoms with Gasteiger partial charge < -0.3 is 14.5 Å². The lowest BCUT2D eigenvalue weighted by atomic mass is 10.2. The normalized spacial score (nSPS) is 10.7. The Balaban J connectivity index is 2.01. The van der Waals surface area contributed by atoms with E-state index in [0.717, 1.165) is 5.56 Å². The van der Waals surface area contributed by atoms with E-state index in [1.807, 2.05) is 30.3 Å². The average Bonchev–Trinajstić information content (AvgIpc) is 3.06. The number of nitrogens with one attached hydrogen (secondary N) is 1. The molecule has 3 aromatic rings. The minimum absolute atomic E-state index is 0.0973. The van der Waals surface area contributed by atoms with Crippen molar-refractivity contribution >= 4 is 21.7 Å². The summed E-state index contributed by atoms with van der Waals surface area (Å²) in [5.41, 5.74) is 0.957. The van der Waals surface area contributed by atoms with Crippen molar-refractivity contribution < 1.29 is 9.34 Å². The van der Waals surface area contributed by atoms with Gasteiger partial charge in [0, 0.05) is 5.56 Å². The fraction of sp³-hybridized carbons (Fsp3) is 0. The van der Waals surface area contributed by atoms with Gasteiger partial charge in [-0.15, -0.1) is 15.3 Å². The van der Waals surface area contributed by atoms with E-state index in [4.69, 9.17) is 4.42 Å². The van der Waals surface area contributed by atoms with Gasteiger partial charge in [-0.1, -0.05) is 23.3 Å². The van der Waals surface area contributed by atoms with Gasteiger partial charge in [0.2, 0.25) is 5.89 Å². The largest absolute Gasteiger partial charge is 0.414 e. The summed E-state index contributed by atoms with van der Waals surface area (Å²) < 4.78 is 5.64. The summed E-state index contributed by atoms with van der Waals surface area (Å²) >= 11 is 3.09. The minimum atomic E-state index is -0.588. The Bertz CT molecular complexity index is 767. The van der Waals surface area contributed by atoms with Gasteiger partial charge in [0.05, 0.1) is 0 Å². The maximum absolute atomic E-state index is 10.7. The zero-order valence-electron chi connectivity index (χ0n) is 9.78. The Hall–Kier alpha value is -2.55. The molecule has 0 atom stereocenters. The zero-order valence-corrected chi connectivity index (χ0v) is 11.4. The molecule has 0 saturated heterocycles. The maximum atomic E-state index is 10.7. The summed E-state index contributed by atoms with van der Waals surface area (Å²) in [6.45, 7) is 0. The van der Waals surface area contributed by atoms with Gasteiger partial charge in [0.25, 0.3) is 5.89 Å². The smallest absolute Gasteiger partial charge is 0.357 e. The van der Waals surface area contributed by atoms with E-state index in [0.29, 0.717) is 5.89 Å². The first-order valence-electron chi connectivity index (χ1n) is 5.44. The van der Waals surface area contributed by atoms with E-state index in [1.165, 1.54) is 0 Å². The second-order valence-electron chi connectivity index (χ2n) is 3.77. The first-order valence-corrected chi connectivity index (χ1v) is 6.23. The van der Waals surface area contributed by atoms with Crippen LogP contribution in [-0.4, -0.2) is 25.3 Å². The molecule has 0 aliphatic heterocycles. The van der Waals surface area contributed by atoms with E-state index in [1.54, 1.807) is 0 Å². The van der Waals surface area contributed by atoms with Gasteiger partial charge in [-0.2, -0.15) is 0 Å². The molecule has 100 valence electrons. The molecule has 8 nitrogen and oxygen atoms in total. The Morgan fingerprint density at radius 3 is 2.55 bits per heavy atom. The summed E-state index contributed by atoms with van der Waals surface area (Å²) in [5, 5.41) is 24.6. The molecule has 1 N–H and O–H groups in total. The molecule has 0 spiro atoms. The van der Waals surface area contributed by atoms with Crippen molar-refractivity contribution in [1.82, 2.24) is 20.4 Å². The van der Waals surface area contributed by atoms with Crippen LogP contribution in [-0.2, 0) is 0 Å². The van der Waals surface area contributed by atoms with E-state index < -0.39 is 4.92 Å². The standard InChI is InChI=1S/C11H6BrN5O3/c12-7-8(13-14-9(7)17(18)19)11-16-15-10(20-11)6-4-2-1-3-5-6/h1-5H,(H,13,14). The fourth-order valence-corrected chi connectivity index (χ4v) is 2.09. The molecule has 0 saturated carbocycles. The van der Waals surface area contributed by atoms with Crippen molar-refractivity contribution in [2.24, 2.45) is 0 Å². The predicted molar refractivity (Wildman–Crippen MR) is 71.7 cm³/mol. The molecule has 0 aliphatic rings. The highest BCUT2D eigenvalue weighted by Gasteiger charge is 2.24. The number of nitro groups is 1. The van der Waals surface area contributed by atoms with Gasteiger partial charge >= 0.3 is 5.82 Å². The van der Waals surface area contributed by atoms with Gasteiger partial charge in [0.15, 0.2) is 5.69 Å². The first kappa shape index (κ1) is 12.5. The van der Waals surface area contributed by atoms with Crippen LogP contribution in [0.4, 0.5) is 5.82 Å². The van der Waals surface area contributed by atoms with Crippen LogP contribution in [0, 0.1) is 10.1 Å². The third-order valence-electron chi connectivity index (χ3n) is 2.52. The summed E-state index contributed by atoms with van der Waals surface area (Å²) in [6.07, 6.45) is 0. The fourth-order valence-electron chi connectivity index (χ4n) is 1.60. The van der Waals surface area contributed by atoms with Crippen molar-refractivity contribution in [1.29, 1.82) is 0 Å². The Morgan fingerprint density at radius 1 is 1.20 bits per heavy atom. The van der Waals surface area contributed by atoms with Gasteiger partial charge in [-0.05, 0) is 33.0 Å².